The second-order valence-corrected chi connectivity index (χ2v) is 27.1. The Labute approximate surface area is 630 Å². The third-order valence-corrected chi connectivity index (χ3v) is 21.2. The van der Waals surface area contributed by atoms with Gasteiger partial charge in [0, 0.05) is 33.9 Å². The first-order chi connectivity index (χ1) is 51.6. The first-order valence-corrected chi connectivity index (χ1v) is 35.9. The second kappa shape index (κ2) is 28.8. The van der Waals surface area contributed by atoms with Crippen LogP contribution in [-0.4, -0.2) is 19.9 Å². The number of rotatable bonds is 6. The minimum atomic E-state index is 0. The number of hydrogen-bond acceptors (Lipinski definition) is 4. The summed E-state index contributed by atoms with van der Waals surface area (Å²) in [5.41, 5.74) is 31.4. The largest absolute Gasteiger partial charge is 1.00 e. The van der Waals surface area contributed by atoms with E-state index in [9.17, 15) is 0 Å². The van der Waals surface area contributed by atoms with E-state index >= 15 is 0 Å². The Balaban J connectivity index is 0.000000125. The standard InChI is InChI=1S/C50H32N2.C24H16N2.C13H10.C13H9.CH4.Li/c1-3-15-31(16-4-1)43-29-45(47-37-23-11-7-19-33(37)34-20-8-12-24-38(34)47)51-49-41(43)27-28-42-44(32-17-5-2-6-18-32)30-46(52-50(42)49)48-39-25-13-9-21-35(39)36-22-10-14-26-40(36)48;1-3-7-17(8-4-1)19-13-15-25-23-21(19)11-12-22-20(14-16-26-24(22)23)18-9-5-2-6-10-18;2*1-3-7-12-10(5-1)9-11-6-2-4-8-13(11)12;;/h1-30,47-48H;1-16H;1-8H,9H2;1-9H;1H4;/q;;;-1;;+1. The first kappa shape index (κ1) is 66.4. The maximum atomic E-state index is 5.70. The first-order valence-electron chi connectivity index (χ1n) is 35.9. The molecule has 5 heteroatoms. The van der Waals surface area contributed by atoms with Gasteiger partial charge in [-0.2, -0.15) is 0 Å². The molecule has 0 fully saturated rings. The zero-order valence-electron chi connectivity index (χ0n) is 58.0. The molecule has 0 amide bonds. The van der Waals surface area contributed by atoms with E-state index in [-0.39, 0.29) is 38.1 Å². The molecule has 3 aliphatic carbocycles. The zero-order valence-corrected chi connectivity index (χ0v) is 58.0. The molecule has 0 unspecified atom stereocenters. The van der Waals surface area contributed by atoms with Gasteiger partial charge >= 0.3 is 18.9 Å². The van der Waals surface area contributed by atoms with Crippen molar-refractivity contribution in [2.75, 3.05) is 0 Å². The molecule has 19 aromatic rings. The summed E-state index contributed by atoms with van der Waals surface area (Å²) in [5, 5.41) is 9.87. The van der Waals surface area contributed by atoms with Crippen molar-refractivity contribution in [3.63, 3.8) is 0 Å². The summed E-state index contributed by atoms with van der Waals surface area (Å²) in [4.78, 5) is 20.7. The number of fused-ring (bicyclic) bond motifs is 18. The summed E-state index contributed by atoms with van der Waals surface area (Å²) < 4.78 is 0. The summed E-state index contributed by atoms with van der Waals surface area (Å²) in [6.45, 7) is 0. The molecule has 4 aromatic heterocycles. The number of aromatic nitrogens is 4. The van der Waals surface area contributed by atoms with Crippen LogP contribution >= 0.6 is 0 Å². The molecule has 496 valence electrons. The molecule has 15 aromatic carbocycles. The van der Waals surface area contributed by atoms with E-state index in [1.807, 2.05) is 24.5 Å². The molecule has 22 rings (SSSR count). The van der Waals surface area contributed by atoms with Crippen LogP contribution in [0.5, 0.6) is 0 Å². The monoisotopic (exact) mass is 1350 g/mol. The van der Waals surface area contributed by atoms with Crippen LogP contribution in [0.3, 0.4) is 0 Å². The SMILES string of the molecule is C.[Li+].c1ccc(-c2cc(C3c4ccccc4-c4ccccc43)nc3c2ccc2c(-c4ccccc4)cc(C4c5ccccc5-c5ccccc54)nc23)cc1.c1ccc(-c2ccnc3c2ccc2c(-c4ccccc4)ccnc23)cc1.c1ccc2c(c1)Cc1ccccc1-2.c1ccc2c(c1)[cH-]c1ccccc12. The molecule has 3 aliphatic rings. The Morgan fingerprint density at radius 3 is 0.877 bits per heavy atom. The average Bonchev–Trinajstić information content (AvgIpc) is 1.71. The molecule has 0 radical (unpaired) electrons. The predicted molar refractivity (Wildman–Crippen MR) is 440 cm³/mol. The molecule has 0 atom stereocenters. The fourth-order valence-electron chi connectivity index (χ4n) is 16.5. The summed E-state index contributed by atoms with van der Waals surface area (Å²) >= 11 is 0. The maximum absolute atomic E-state index is 5.70. The zero-order chi connectivity index (χ0) is 68.9. The van der Waals surface area contributed by atoms with Crippen molar-refractivity contribution < 1.29 is 18.9 Å². The maximum Gasteiger partial charge on any atom is 1.00 e. The molecule has 0 saturated heterocycles. The van der Waals surface area contributed by atoms with Crippen molar-refractivity contribution in [2.24, 2.45) is 0 Å². The Morgan fingerprint density at radius 1 is 0.236 bits per heavy atom. The quantitative estimate of drug-likeness (QED) is 0.0946. The Morgan fingerprint density at radius 2 is 0.519 bits per heavy atom. The van der Waals surface area contributed by atoms with Crippen molar-refractivity contribution >= 4 is 65.2 Å². The molecule has 0 N–H and O–H groups in total. The van der Waals surface area contributed by atoms with Crippen LogP contribution in [-0.2, 0) is 6.42 Å². The summed E-state index contributed by atoms with van der Waals surface area (Å²) in [6.07, 6.45) is 4.86. The Hall–Kier alpha value is -12.8. The smallest absolute Gasteiger partial charge is 0.254 e. The summed E-state index contributed by atoms with van der Waals surface area (Å²) in [7, 11) is 0. The van der Waals surface area contributed by atoms with Gasteiger partial charge in [-0.25, -0.2) is 9.97 Å². The van der Waals surface area contributed by atoms with Crippen molar-refractivity contribution in [3.8, 4) is 77.9 Å². The topological polar surface area (TPSA) is 51.6 Å². The van der Waals surface area contributed by atoms with E-state index in [1.165, 1.54) is 133 Å². The molecule has 4 nitrogen and oxygen atoms in total. The van der Waals surface area contributed by atoms with E-state index in [4.69, 9.17) is 9.97 Å². The van der Waals surface area contributed by atoms with Crippen LogP contribution < -0.4 is 18.9 Å². The third kappa shape index (κ3) is 11.9. The molecular formula is C101H71LiN4. The fraction of sp³-hybridized carbons (Fsp3) is 0.0396. The van der Waals surface area contributed by atoms with Gasteiger partial charge in [0.25, 0.3) is 0 Å². The van der Waals surface area contributed by atoms with Gasteiger partial charge < -0.3 is 0 Å². The van der Waals surface area contributed by atoms with Crippen LogP contribution in [0.25, 0.3) is 143 Å². The van der Waals surface area contributed by atoms with E-state index in [0.717, 1.165) is 61.4 Å². The van der Waals surface area contributed by atoms with Gasteiger partial charge in [0.15, 0.2) is 0 Å². The van der Waals surface area contributed by atoms with Gasteiger partial charge in [0.1, 0.15) is 0 Å². The number of benzene rings is 14. The van der Waals surface area contributed by atoms with Crippen molar-refractivity contribution in [3.05, 3.63) is 427 Å². The third-order valence-electron chi connectivity index (χ3n) is 21.2. The van der Waals surface area contributed by atoms with Gasteiger partial charge in [-0.3, -0.25) is 9.97 Å². The minimum Gasteiger partial charge on any atom is -0.254 e. The summed E-state index contributed by atoms with van der Waals surface area (Å²) in [6, 6.07) is 132. The average molecular weight is 1350 g/mol. The number of nitrogens with zero attached hydrogens (tertiary/aromatic N) is 4. The molecule has 106 heavy (non-hydrogen) atoms. The molecule has 0 aliphatic heterocycles. The van der Waals surface area contributed by atoms with Gasteiger partial charge in [-0.1, -0.05) is 335 Å². The van der Waals surface area contributed by atoms with E-state index in [2.05, 4.69) is 368 Å². The second-order valence-electron chi connectivity index (χ2n) is 27.1. The van der Waals surface area contributed by atoms with Crippen LogP contribution in [0.2, 0.25) is 0 Å². The fourth-order valence-corrected chi connectivity index (χ4v) is 16.5. The van der Waals surface area contributed by atoms with Crippen LogP contribution in [0, 0.1) is 0 Å². The predicted octanol–water partition coefficient (Wildman–Crippen LogP) is 23.2. The van der Waals surface area contributed by atoms with E-state index in [1.54, 1.807) is 0 Å². The van der Waals surface area contributed by atoms with E-state index in [0.29, 0.717) is 0 Å². The Bertz CT molecular complexity index is 5990. The van der Waals surface area contributed by atoms with Gasteiger partial charge in [0.05, 0.1) is 45.3 Å². The van der Waals surface area contributed by atoms with Gasteiger partial charge in [-0.05, 0) is 142 Å². The number of hydrogen-bond donors (Lipinski definition) is 0. The molecule has 0 saturated carbocycles. The number of pyridine rings is 4. The summed E-state index contributed by atoms with van der Waals surface area (Å²) in [5.74, 6) is 0.0276. The molecular weight excluding hydrogens is 1280 g/mol. The van der Waals surface area contributed by atoms with Crippen LogP contribution in [0.15, 0.2) is 382 Å². The Kier molecular flexibility index (Phi) is 18.0. The normalized spacial score (nSPS) is 12.1. The van der Waals surface area contributed by atoms with E-state index < -0.39 is 0 Å². The van der Waals surface area contributed by atoms with Crippen molar-refractivity contribution in [1.82, 2.24) is 19.9 Å². The minimum absolute atomic E-state index is 0. The van der Waals surface area contributed by atoms with Crippen molar-refractivity contribution in [1.29, 1.82) is 0 Å². The van der Waals surface area contributed by atoms with Gasteiger partial charge in [-0.15, -0.1) is 39.7 Å². The van der Waals surface area contributed by atoms with Crippen LogP contribution in [0.1, 0.15) is 64.0 Å². The molecule has 0 spiro atoms. The van der Waals surface area contributed by atoms with Gasteiger partial charge in [0.2, 0.25) is 0 Å². The van der Waals surface area contributed by atoms with Crippen LogP contribution in [0.4, 0.5) is 0 Å². The molecule has 0 bridgehead atoms. The van der Waals surface area contributed by atoms with Crippen molar-refractivity contribution in [2.45, 2.75) is 25.7 Å². The molecule has 4 heterocycles.